The number of piperazine rings is 2. The van der Waals surface area contributed by atoms with Gasteiger partial charge in [-0.2, -0.15) is 5.26 Å². The van der Waals surface area contributed by atoms with Crippen LogP contribution in [0.2, 0.25) is 0 Å². The zero-order chi connectivity index (χ0) is 23.4. The van der Waals surface area contributed by atoms with Gasteiger partial charge in [0.25, 0.3) is 5.91 Å². The second-order valence-corrected chi connectivity index (χ2v) is 8.65. The van der Waals surface area contributed by atoms with Crippen molar-refractivity contribution in [3.8, 4) is 6.07 Å². The second-order valence-electron chi connectivity index (χ2n) is 8.65. The van der Waals surface area contributed by atoms with E-state index in [9.17, 15) is 14.4 Å². The summed E-state index contributed by atoms with van der Waals surface area (Å²) in [6.45, 7) is 9.91. The lowest BCUT2D eigenvalue weighted by Crippen LogP contribution is -2.49. The van der Waals surface area contributed by atoms with E-state index in [4.69, 9.17) is 0 Å². The van der Waals surface area contributed by atoms with Gasteiger partial charge in [0.05, 0.1) is 0 Å². The van der Waals surface area contributed by atoms with Crippen LogP contribution in [-0.4, -0.2) is 68.1 Å². The molecule has 0 spiro atoms. The summed E-state index contributed by atoms with van der Waals surface area (Å²) in [5, 5.41) is 9.66. The van der Waals surface area contributed by atoms with Crippen molar-refractivity contribution in [3.63, 3.8) is 0 Å². The van der Waals surface area contributed by atoms with Crippen molar-refractivity contribution in [2.75, 3.05) is 62.2 Å². The Morgan fingerprint density at radius 3 is 2.15 bits per heavy atom. The lowest BCUT2D eigenvalue weighted by molar-refractivity contribution is -0.127. The van der Waals surface area contributed by atoms with E-state index in [-0.39, 0.29) is 29.7 Å². The van der Waals surface area contributed by atoms with Gasteiger partial charge in [0.2, 0.25) is 0 Å². The molecule has 2 aliphatic heterocycles. The number of nitrogens with zero attached hydrogens (tertiary/aromatic N) is 5. The molecule has 8 heteroatoms. The van der Waals surface area contributed by atoms with Gasteiger partial charge in [-0.3, -0.25) is 4.79 Å². The number of carbonyl (C=O) groups is 1. The number of aryl methyl sites for hydroxylation is 1. The molecule has 0 aliphatic carbocycles. The fourth-order valence-electron chi connectivity index (χ4n) is 4.47. The van der Waals surface area contributed by atoms with Gasteiger partial charge in [0.15, 0.2) is 0 Å². The molecule has 2 fully saturated rings. The quantitative estimate of drug-likeness (QED) is 0.490. The molecule has 0 bridgehead atoms. The third-order valence-corrected chi connectivity index (χ3v) is 6.65. The van der Waals surface area contributed by atoms with Gasteiger partial charge in [-0.15, -0.1) is 12.4 Å². The third kappa shape index (κ3) is 5.63. The van der Waals surface area contributed by atoms with Crippen LogP contribution in [0.4, 0.5) is 15.8 Å². The van der Waals surface area contributed by atoms with Crippen LogP contribution < -0.4 is 9.80 Å². The molecule has 0 N–H and O–H groups in total. The molecule has 2 aliphatic rings. The van der Waals surface area contributed by atoms with Crippen LogP contribution in [0.25, 0.3) is 0 Å². The average molecular weight is 484 g/mol. The third-order valence-electron chi connectivity index (χ3n) is 6.65. The Morgan fingerprint density at radius 2 is 1.53 bits per heavy atom. The Labute approximate surface area is 207 Å². The SMILES string of the molecule is Cc1cccc(N2CCN(/C=C(/C#N)C(=O)N3CCN(c4ccc(F)cc4)CC3)CC2)c1C.Cl. The van der Waals surface area contributed by atoms with Crippen LogP contribution in [0, 0.1) is 31.0 Å². The van der Waals surface area contributed by atoms with Crippen molar-refractivity contribution in [2.24, 2.45) is 0 Å². The fraction of sp³-hybridized carbons (Fsp3) is 0.385. The molecule has 1 amide bonds. The Balaban J connectivity index is 0.00000324. The molecule has 0 atom stereocenters. The summed E-state index contributed by atoms with van der Waals surface area (Å²) in [4.78, 5) is 21.3. The summed E-state index contributed by atoms with van der Waals surface area (Å²) in [6, 6.07) is 14.9. The molecule has 0 unspecified atom stereocenters. The van der Waals surface area contributed by atoms with Crippen LogP contribution in [0.5, 0.6) is 0 Å². The molecular weight excluding hydrogens is 453 g/mol. The predicted octanol–water partition coefficient (Wildman–Crippen LogP) is 3.74. The van der Waals surface area contributed by atoms with Gasteiger partial charge >= 0.3 is 0 Å². The first-order valence-electron chi connectivity index (χ1n) is 11.4. The molecule has 34 heavy (non-hydrogen) atoms. The van der Waals surface area contributed by atoms with E-state index in [0.29, 0.717) is 26.2 Å². The topological polar surface area (TPSA) is 53.8 Å². The van der Waals surface area contributed by atoms with E-state index < -0.39 is 0 Å². The summed E-state index contributed by atoms with van der Waals surface area (Å²) in [6.07, 6.45) is 1.73. The van der Waals surface area contributed by atoms with Crippen LogP contribution in [0.15, 0.2) is 54.2 Å². The summed E-state index contributed by atoms with van der Waals surface area (Å²) in [5.41, 5.74) is 4.97. The van der Waals surface area contributed by atoms with E-state index >= 15 is 0 Å². The molecule has 0 aromatic heterocycles. The van der Waals surface area contributed by atoms with Crippen molar-refractivity contribution >= 4 is 29.7 Å². The highest BCUT2D eigenvalue weighted by Crippen LogP contribution is 2.24. The fourth-order valence-corrected chi connectivity index (χ4v) is 4.47. The molecule has 0 saturated carbocycles. The number of hydrogen-bond acceptors (Lipinski definition) is 5. The minimum absolute atomic E-state index is 0. The van der Waals surface area contributed by atoms with Crippen molar-refractivity contribution in [1.82, 2.24) is 9.80 Å². The van der Waals surface area contributed by atoms with Crippen LogP contribution in [0.1, 0.15) is 11.1 Å². The highest BCUT2D eigenvalue weighted by molar-refractivity contribution is 5.97. The van der Waals surface area contributed by atoms with E-state index in [2.05, 4.69) is 52.8 Å². The first kappa shape index (κ1) is 25.4. The number of rotatable bonds is 4. The van der Waals surface area contributed by atoms with Crippen molar-refractivity contribution in [3.05, 3.63) is 71.2 Å². The van der Waals surface area contributed by atoms with E-state index in [1.807, 2.05) is 0 Å². The number of amides is 1. The van der Waals surface area contributed by atoms with Crippen LogP contribution >= 0.6 is 12.4 Å². The van der Waals surface area contributed by atoms with Gasteiger partial charge in [-0.25, -0.2) is 4.39 Å². The van der Waals surface area contributed by atoms with Gasteiger partial charge < -0.3 is 19.6 Å². The molecule has 2 aromatic rings. The highest BCUT2D eigenvalue weighted by Gasteiger charge is 2.25. The lowest BCUT2D eigenvalue weighted by Gasteiger charge is -2.37. The smallest absolute Gasteiger partial charge is 0.266 e. The Hall–Kier alpha value is -3.24. The summed E-state index contributed by atoms with van der Waals surface area (Å²) < 4.78 is 13.2. The van der Waals surface area contributed by atoms with Gasteiger partial charge in [-0.1, -0.05) is 12.1 Å². The van der Waals surface area contributed by atoms with E-state index in [0.717, 1.165) is 31.9 Å². The molecule has 4 rings (SSSR count). The van der Waals surface area contributed by atoms with Crippen LogP contribution in [-0.2, 0) is 4.79 Å². The standard InChI is InChI=1S/C26H30FN5O.ClH/c1-20-4-3-5-25(21(20)2)31-12-10-29(11-13-31)19-22(18-28)26(33)32-16-14-30(15-17-32)24-8-6-23(27)7-9-24;/h3-9,19H,10-17H2,1-2H3;1H/b22-19-;. The van der Waals surface area contributed by atoms with Crippen molar-refractivity contribution < 1.29 is 9.18 Å². The summed E-state index contributed by atoms with van der Waals surface area (Å²) in [7, 11) is 0. The maximum atomic E-state index is 13.2. The Morgan fingerprint density at radius 1 is 0.912 bits per heavy atom. The number of carbonyl (C=O) groups excluding carboxylic acids is 1. The molecule has 2 aromatic carbocycles. The molecule has 2 saturated heterocycles. The largest absolute Gasteiger partial charge is 0.373 e. The maximum absolute atomic E-state index is 13.2. The van der Waals surface area contributed by atoms with E-state index in [1.54, 1.807) is 23.2 Å². The monoisotopic (exact) mass is 483 g/mol. The highest BCUT2D eigenvalue weighted by atomic mass is 35.5. The molecule has 2 heterocycles. The lowest BCUT2D eigenvalue weighted by atomic mass is 10.1. The number of hydrogen-bond donors (Lipinski definition) is 0. The minimum atomic E-state index is -0.258. The maximum Gasteiger partial charge on any atom is 0.266 e. The number of anilines is 2. The molecular formula is C26H31ClFN5O. The Bertz CT molecular complexity index is 1070. The molecule has 6 nitrogen and oxygen atoms in total. The predicted molar refractivity (Wildman–Crippen MR) is 136 cm³/mol. The average Bonchev–Trinajstić information content (AvgIpc) is 2.85. The first-order chi connectivity index (χ1) is 16.0. The zero-order valence-electron chi connectivity index (χ0n) is 19.7. The molecule has 180 valence electrons. The Kier molecular flexibility index (Phi) is 8.41. The number of nitriles is 1. The molecule has 0 radical (unpaired) electrons. The van der Waals surface area contributed by atoms with Crippen molar-refractivity contribution in [1.29, 1.82) is 5.26 Å². The van der Waals surface area contributed by atoms with Crippen molar-refractivity contribution in [2.45, 2.75) is 13.8 Å². The second kappa shape index (κ2) is 11.3. The van der Waals surface area contributed by atoms with E-state index in [1.165, 1.54) is 28.9 Å². The van der Waals surface area contributed by atoms with Gasteiger partial charge in [-0.05, 0) is 55.3 Å². The zero-order valence-corrected chi connectivity index (χ0v) is 20.5. The van der Waals surface area contributed by atoms with Gasteiger partial charge in [0, 0.05) is 69.9 Å². The summed E-state index contributed by atoms with van der Waals surface area (Å²) in [5.74, 6) is -0.473. The number of benzene rings is 2. The number of halogens is 2. The minimum Gasteiger partial charge on any atom is -0.373 e. The normalized spacial score (nSPS) is 16.7. The van der Waals surface area contributed by atoms with Gasteiger partial charge in [0.1, 0.15) is 17.5 Å². The van der Waals surface area contributed by atoms with Crippen LogP contribution in [0.3, 0.4) is 0 Å². The first-order valence-corrected chi connectivity index (χ1v) is 11.4. The summed E-state index contributed by atoms with van der Waals surface area (Å²) >= 11 is 0.